The molecule has 0 aliphatic carbocycles. The number of nitrogens with zero attached hydrogens (tertiary/aromatic N) is 1. The Balaban J connectivity index is 2.24. The molecule has 0 radical (unpaired) electrons. The van der Waals surface area contributed by atoms with Crippen LogP contribution in [-0.4, -0.2) is 38.3 Å². The summed E-state index contributed by atoms with van der Waals surface area (Å²) in [4.78, 5) is 14.2. The first-order valence-corrected chi connectivity index (χ1v) is 10.6. The average Bonchev–Trinajstić information content (AvgIpc) is 2.65. The standard InChI is InChI=1S/C20H25FN2O5S/c1-5-29(25,26)28-19-11-15(9-10-18(19)27-4)13-23(14(2)3)20(24)22-17-8-6-7-16(21)12-17/h6-12,14H,5,13H2,1-4H3,(H,22,24). The van der Waals surface area contributed by atoms with Gasteiger partial charge in [-0.1, -0.05) is 12.1 Å². The fraction of sp³-hybridized carbons (Fsp3) is 0.350. The van der Waals surface area contributed by atoms with Gasteiger partial charge in [0.2, 0.25) is 0 Å². The van der Waals surface area contributed by atoms with Crippen LogP contribution in [0.25, 0.3) is 0 Å². The Morgan fingerprint density at radius 3 is 2.48 bits per heavy atom. The van der Waals surface area contributed by atoms with Gasteiger partial charge in [0.25, 0.3) is 0 Å². The van der Waals surface area contributed by atoms with Gasteiger partial charge in [0, 0.05) is 18.3 Å². The predicted molar refractivity (Wildman–Crippen MR) is 109 cm³/mol. The molecule has 0 unspecified atom stereocenters. The zero-order valence-corrected chi connectivity index (χ0v) is 17.6. The minimum absolute atomic E-state index is 0.0566. The van der Waals surface area contributed by atoms with Gasteiger partial charge in [-0.15, -0.1) is 0 Å². The first-order valence-electron chi connectivity index (χ1n) is 9.07. The lowest BCUT2D eigenvalue weighted by molar-refractivity contribution is 0.193. The van der Waals surface area contributed by atoms with Crippen molar-refractivity contribution in [3.8, 4) is 11.5 Å². The first-order chi connectivity index (χ1) is 13.6. The highest BCUT2D eigenvalue weighted by molar-refractivity contribution is 7.87. The van der Waals surface area contributed by atoms with E-state index in [0.717, 1.165) is 0 Å². The molecule has 2 aromatic rings. The van der Waals surface area contributed by atoms with Crippen molar-refractivity contribution in [2.24, 2.45) is 0 Å². The zero-order valence-electron chi connectivity index (χ0n) is 16.8. The molecule has 0 atom stereocenters. The van der Waals surface area contributed by atoms with E-state index in [2.05, 4.69) is 5.32 Å². The van der Waals surface area contributed by atoms with E-state index < -0.39 is 22.0 Å². The van der Waals surface area contributed by atoms with E-state index in [4.69, 9.17) is 8.92 Å². The number of halogens is 1. The predicted octanol–water partition coefficient (Wildman–Crippen LogP) is 4.01. The monoisotopic (exact) mass is 424 g/mol. The number of carbonyl (C=O) groups is 1. The largest absolute Gasteiger partial charge is 0.493 e. The Morgan fingerprint density at radius 1 is 1.17 bits per heavy atom. The third-order valence-corrected chi connectivity index (χ3v) is 5.25. The molecule has 0 aromatic heterocycles. The second-order valence-corrected chi connectivity index (χ2v) is 8.44. The molecule has 0 fully saturated rings. The van der Waals surface area contributed by atoms with Gasteiger partial charge in [0.05, 0.1) is 12.9 Å². The molecular weight excluding hydrogens is 399 g/mol. The van der Waals surface area contributed by atoms with E-state index in [9.17, 15) is 17.6 Å². The summed E-state index contributed by atoms with van der Waals surface area (Å²) in [6.45, 7) is 5.34. The van der Waals surface area contributed by atoms with Crippen molar-refractivity contribution in [2.45, 2.75) is 33.4 Å². The highest BCUT2D eigenvalue weighted by Gasteiger charge is 2.20. The van der Waals surface area contributed by atoms with E-state index in [1.165, 1.54) is 43.2 Å². The molecule has 29 heavy (non-hydrogen) atoms. The van der Waals surface area contributed by atoms with Crippen molar-refractivity contribution >= 4 is 21.8 Å². The van der Waals surface area contributed by atoms with Crippen LogP contribution in [0.2, 0.25) is 0 Å². The lowest BCUT2D eigenvalue weighted by Gasteiger charge is -2.27. The van der Waals surface area contributed by atoms with Crippen LogP contribution in [0.1, 0.15) is 26.3 Å². The summed E-state index contributed by atoms with van der Waals surface area (Å²) < 4.78 is 47.3. The summed E-state index contributed by atoms with van der Waals surface area (Å²) in [5, 5.41) is 2.66. The molecule has 0 aliphatic heterocycles. The number of hydrogen-bond acceptors (Lipinski definition) is 5. The zero-order chi connectivity index (χ0) is 21.6. The molecule has 0 saturated carbocycles. The maximum absolute atomic E-state index is 13.4. The number of benzene rings is 2. The summed E-state index contributed by atoms with van der Waals surface area (Å²) >= 11 is 0. The fourth-order valence-electron chi connectivity index (χ4n) is 2.53. The molecule has 2 rings (SSSR count). The molecule has 0 spiro atoms. The fourth-order valence-corrected chi connectivity index (χ4v) is 3.05. The molecule has 2 aromatic carbocycles. The van der Waals surface area contributed by atoms with Gasteiger partial charge in [-0.3, -0.25) is 0 Å². The summed E-state index contributed by atoms with van der Waals surface area (Å²) in [6.07, 6.45) is 0. The van der Waals surface area contributed by atoms with Crippen molar-refractivity contribution in [3.05, 3.63) is 53.8 Å². The van der Waals surface area contributed by atoms with Crippen molar-refractivity contribution in [1.29, 1.82) is 0 Å². The minimum atomic E-state index is -3.74. The smallest absolute Gasteiger partial charge is 0.322 e. The molecule has 158 valence electrons. The van der Waals surface area contributed by atoms with Crippen molar-refractivity contribution in [3.63, 3.8) is 0 Å². The van der Waals surface area contributed by atoms with Crippen molar-refractivity contribution < 1.29 is 26.5 Å². The van der Waals surface area contributed by atoms with Crippen LogP contribution in [0.4, 0.5) is 14.9 Å². The van der Waals surface area contributed by atoms with Gasteiger partial charge < -0.3 is 19.1 Å². The average molecular weight is 424 g/mol. The van der Waals surface area contributed by atoms with Crippen LogP contribution < -0.4 is 14.2 Å². The molecule has 1 N–H and O–H groups in total. The Bertz CT molecular complexity index is 963. The van der Waals surface area contributed by atoms with Gasteiger partial charge in [-0.2, -0.15) is 8.42 Å². The number of carbonyl (C=O) groups excluding carboxylic acids is 1. The van der Waals surface area contributed by atoms with Gasteiger partial charge in [0.15, 0.2) is 11.5 Å². The second-order valence-electron chi connectivity index (χ2n) is 6.58. The Labute approximate surface area is 170 Å². The molecule has 9 heteroatoms. The number of ether oxygens (including phenoxy) is 1. The summed E-state index contributed by atoms with van der Waals surface area (Å²) in [6, 6.07) is 9.86. The molecular formula is C20H25FN2O5S. The van der Waals surface area contributed by atoms with Crippen molar-refractivity contribution in [1.82, 2.24) is 4.90 Å². The van der Waals surface area contributed by atoms with Crippen LogP contribution in [0.15, 0.2) is 42.5 Å². The topological polar surface area (TPSA) is 84.9 Å². The summed E-state index contributed by atoms with van der Waals surface area (Å²) in [5.74, 6) is -0.311. The first kappa shape index (κ1) is 22.5. The Morgan fingerprint density at radius 2 is 1.90 bits per heavy atom. The summed E-state index contributed by atoms with van der Waals surface area (Å²) in [7, 11) is -2.33. The van der Waals surface area contributed by atoms with E-state index in [1.807, 2.05) is 13.8 Å². The summed E-state index contributed by atoms with van der Waals surface area (Å²) in [5.41, 5.74) is 0.989. The van der Waals surface area contributed by atoms with E-state index in [0.29, 0.717) is 11.3 Å². The Hall–Kier alpha value is -2.81. The number of methoxy groups -OCH3 is 1. The lowest BCUT2D eigenvalue weighted by atomic mass is 10.1. The highest BCUT2D eigenvalue weighted by atomic mass is 32.2. The van der Waals surface area contributed by atoms with Crippen LogP contribution in [0, 0.1) is 5.82 Å². The maximum atomic E-state index is 13.4. The van der Waals surface area contributed by atoms with Crippen LogP contribution >= 0.6 is 0 Å². The number of hydrogen-bond donors (Lipinski definition) is 1. The number of amides is 2. The van der Waals surface area contributed by atoms with Gasteiger partial charge in [-0.05, 0) is 56.7 Å². The van der Waals surface area contributed by atoms with E-state index in [-0.39, 0.29) is 29.8 Å². The van der Waals surface area contributed by atoms with E-state index >= 15 is 0 Å². The minimum Gasteiger partial charge on any atom is -0.493 e. The van der Waals surface area contributed by atoms with Crippen LogP contribution in [-0.2, 0) is 16.7 Å². The normalized spacial score (nSPS) is 11.2. The quantitative estimate of drug-likeness (QED) is 0.648. The molecule has 7 nitrogen and oxygen atoms in total. The molecule has 2 amide bonds. The molecule has 0 saturated heterocycles. The molecule has 0 bridgehead atoms. The SMILES string of the molecule is CCS(=O)(=O)Oc1cc(CN(C(=O)Nc2cccc(F)c2)C(C)C)ccc1OC. The lowest BCUT2D eigenvalue weighted by Crippen LogP contribution is -2.39. The number of urea groups is 1. The Kier molecular flexibility index (Phi) is 7.44. The maximum Gasteiger partial charge on any atom is 0.322 e. The van der Waals surface area contributed by atoms with Gasteiger partial charge >= 0.3 is 16.1 Å². The van der Waals surface area contributed by atoms with Crippen LogP contribution in [0.3, 0.4) is 0 Å². The molecule has 0 heterocycles. The number of nitrogens with one attached hydrogen (secondary N) is 1. The van der Waals surface area contributed by atoms with Gasteiger partial charge in [0.1, 0.15) is 5.82 Å². The third-order valence-electron chi connectivity index (χ3n) is 4.11. The second kappa shape index (κ2) is 9.60. The van der Waals surface area contributed by atoms with Crippen molar-refractivity contribution in [2.75, 3.05) is 18.2 Å². The van der Waals surface area contributed by atoms with Gasteiger partial charge in [-0.25, -0.2) is 9.18 Å². The number of rotatable bonds is 8. The molecule has 0 aliphatic rings. The van der Waals surface area contributed by atoms with E-state index in [1.54, 1.807) is 18.2 Å². The van der Waals surface area contributed by atoms with Crippen LogP contribution in [0.5, 0.6) is 11.5 Å². The third kappa shape index (κ3) is 6.35. The highest BCUT2D eigenvalue weighted by Crippen LogP contribution is 2.30. The number of anilines is 1.